The van der Waals surface area contributed by atoms with Crippen LogP contribution in [0.1, 0.15) is 18.9 Å². The van der Waals surface area contributed by atoms with Gasteiger partial charge in [0.2, 0.25) is 0 Å². The lowest BCUT2D eigenvalue weighted by Crippen LogP contribution is -2.20. The van der Waals surface area contributed by atoms with Crippen molar-refractivity contribution in [3.63, 3.8) is 0 Å². The third-order valence-electron chi connectivity index (χ3n) is 3.92. The monoisotopic (exact) mass is 360 g/mol. The summed E-state index contributed by atoms with van der Waals surface area (Å²) in [7, 11) is 0. The molecule has 2 aliphatic heterocycles. The molecule has 0 amide bonds. The van der Waals surface area contributed by atoms with E-state index >= 15 is 0 Å². The van der Waals surface area contributed by atoms with Gasteiger partial charge >= 0.3 is 0 Å². The molecular formula is C17H17BrN2S. The SMILES string of the molecule is Br.CCC1=C(c2cccc3ccccc23)N2CCN=C2S1. The van der Waals surface area contributed by atoms with E-state index in [9.17, 15) is 0 Å². The van der Waals surface area contributed by atoms with Crippen LogP contribution in [0.4, 0.5) is 0 Å². The molecule has 2 aromatic rings. The molecule has 0 aromatic heterocycles. The minimum absolute atomic E-state index is 0. The van der Waals surface area contributed by atoms with E-state index in [1.807, 2.05) is 11.8 Å². The fourth-order valence-electron chi connectivity index (χ4n) is 3.00. The van der Waals surface area contributed by atoms with Gasteiger partial charge < -0.3 is 4.90 Å². The molecule has 4 rings (SSSR count). The highest BCUT2D eigenvalue weighted by Crippen LogP contribution is 2.44. The molecule has 4 heteroatoms. The number of allylic oxidation sites excluding steroid dienone is 1. The minimum Gasteiger partial charge on any atom is -0.318 e. The topological polar surface area (TPSA) is 15.6 Å². The maximum Gasteiger partial charge on any atom is 0.168 e. The second-order valence-corrected chi connectivity index (χ2v) is 6.13. The van der Waals surface area contributed by atoms with Gasteiger partial charge in [-0.1, -0.05) is 61.2 Å². The number of hydrogen-bond donors (Lipinski definition) is 0. The average Bonchev–Trinajstić information content (AvgIpc) is 3.06. The highest BCUT2D eigenvalue weighted by molar-refractivity contribution is 8.93. The summed E-state index contributed by atoms with van der Waals surface area (Å²) in [5.74, 6) is 0. The maximum atomic E-state index is 4.62. The molecule has 0 saturated heterocycles. The van der Waals surface area contributed by atoms with Crippen molar-refractivity contribution in [2.45, 2.75) is 13.3 Å². The van der Waals surface area contributed by atoms with Crippen LogP contribution in [0, 0.1) is 0 Å². The first-order valence-electron chi connectivity index (χ1n) is 7.09. The van der Waals surface area contributed by atoms with Gasteiger partial charge in [-0.05, 0) is 17.2 Å². The van der Waals surface area contributed by atoms with Crippen LogP contribution in [-0.4, -0.2) is 23.2 Å². The average molecular weight is 361 g/mol. The zero-order valence-corrected chi connectivity index (χ0v) is 14.4. The predicted octanol–water partition coefficient (Wildman–Crippen LogP) is 4.91. The molecule has 21 heavy (non-hydrogen) atoms. The number of rotatable bonds is 2. The summed E-state index contributed by atoms with van der Waals surface area (Å²) in [4.78, 5) is 8.45. The Labute approximate surface area is 139 Å². The zero-order valence-electron chi connectivity index (χ0n) is 11.9. The molecular weight excluding hydrogens is 344 g/mol. The summed E-state index contributed by atoms with van der Waals surface area (Å²) in [5.41, 5.74) is 2.73. The molecule has 0 fully saturated rings. The Morgan fingerprint density at radius 2 is 1.95 bits per heavy atom. The van der Waals surface area contributed by atoms with Gasteiger partial charge in [-0.15, -0.1) is 17.0 Å². The standard InChI is InChI=1S/C17H16N2S.BrH/c1-2-15-16(19-11-10-18-17(19)20-15)14-9-5-7-12-6-3-4-8-13(12)14;/h3-9H,2,10-11H2,1H3;1H. The van der Waals surface area contributed by atoms with Crippen LogP contribution >= 0.6 is 28.7 Å². The van der Waals surface area contributed by atoms with Crippen molar-refractivity contribution in [3.8, 4) is 0 Å². The van der Waals surface area contributed by atoms with Crippen molar-refractivity contribution >= 4 is 50.4 Å². The highest BCUT2D eigenvalue weighted by Gasteiger charge is 2.32. The normalized spacial score (nSPS) is 17.0. The van der Waals surface area contributed by atoms with Crippen LogP contribution in [0.3, 0.4) is 0 Å². The molecule has 0 atom stereocenters. The van der Waals surface area contributed by atoms with Gasteiger partial charge in [0.15, 0.2) is 5.17 Å². The highest BCUT2D eigenvalue weighted by atomic mass is 79.9. The molecule has 0 N–H and O–H groups in total. The number of fused-ring (bicyclic) bond motifs is 2. The van der Waals surface area contributed by atoms with E-state index in [4.69, 9.17) is 0 Å². The van der Waals surface area contributed by atoms with Gasteiger partial charge in [-0.3, -0.25) is 4.99 Å². The fraction of sp³-hybridized carbons (Fsp3) is 0.235. The Morgan fingerprint density at radius 3 is 2.81 bits per heavy atom. The lowest BCUT2D eigenvalue weighted by atomic mass is 10.0. The van der Waals surface area contributed by atoms with E-state index in [0.717, 1.165) is 19.5 Å². The van der Waals surface area contributed by atoms with Gasteiger partial charge in [0.1, 0.15) is 0 Å². The van der Waals surface area contributed by atoms with E-state index < -0.39 is 0 Å². The van der Waals surface area contributed by atoms with Gasteiger partial charge in [0.05, 0.1) is 12.2 Å². The molecule has 0 aliphatic carbocycles. The first-order valence-corrected chi connectivity index (χ1v) is 7.91. The summed E-state index contributed by atoms with van der Waals surface area (Å²) in [5, 5.41) is 3.83. The minimum atomic E-state index is 0. The van der Waals surface area contributed by atoms with E-state index in [1.54, 1.807) is 0 Å². The Bertz CT molecular complexity index is 746. The molecule has 0 bridgehead atoms. The summed E-state index contributed by atoms with van der Waals surface area (Å²) < 4.78 is 0. The molecule has 2 heterocycles. The second-order valence-electron chi connectivity index (χ2n) is 5.07. The molecule has 108 valence electrons. The first-order chi connectivity index (χ1) is 9.88. The summed E-state index contributed by atoms with van der Waals surface area (Å²) >= 11 is 1.85. The van der Waals surface area contributed by atoms with Crippen molar-refractivity contribution in [2.24, 2.45) is 4.99 Å². The number of nitrogens with zero attached hydrogens (tertiary/aromatic N) is 2. The fourth-order valence-corrected chi connectivity index (χ4v) is 4.13. The van der Waals surface area contributed by atoms with Crippen molar-refractivity contribution in [1.82, 2.24) is 4.90 Å². The van der Waals surface area contributed by atoms with Crippen LogP contribution in [0.5, 0.6) is 0 Å². The van der Waals surface area contributed by atoms with Crippen LogP contribution in [0.15, 0.2) is 52.4 Å². The van der Waals surface area contributed by atoms with E-state index in [-0.39, 0.29) is 17.0 Å². The molecule has 0 saturated carbocycles. The number of benzene rings is 2. The van der Waals surface area contributed by atoms with E-state index in [1.165, 1.54) is 32.1 Å². The smallest absolute Gasteiger partial charge is 0.168 e. The Hall–Kier alpha value is -1.26. The van der Waals surface area contributed by atoms with Crippen molar-refractivity contribution < 1.29 is 0 Å². The largest absolute Gasteiger partial charge is 0.318 e. The first kappa shape index (κ1) is 14.7. The summed E-state index contributed by atoms with van der Waals surface area (Å²) in [6.07, 6.45) is 1.07. The van der Waals surface area contributed by atoms with Crippen molar-refractivity contribution in [2.75, 3.05) is 13.1 Å². The van der Waals surface area contributed by atoms with Crippen LogP contribution < -0.4 is 0 Å². The van der Waals surface area contributed by atoms with Crippen molar-refractivity contribution in [3.05, 3.63) is 52.9 Å². The molecule has 2 aliphatic rings. The quantitative estimate of drug-likeness (QED) is 0.755. The van der Waals surface area contributed by atoms with Crippen molar-refractivity contribution in [1.29, 1.82) is 0 Å². The predicted molar refractivity (Wildman–Crippen MR) is 98.1 cm³/mol. The van der Waals surface area contributed by atoms with E-state index in [2.05, 4.69) is 59.3 Å². The Balaban J connectivity index is 0.00000132. The van der Waals surface area contributed by atoms with Gasteiger partial charge in [0.25, 0.3) is 0 Å². The number of aliphatic imine (C=N–C) groups is 1. The number of amidine groups is 1. The molecule has 0 radical (unpaired) electrons. The number of hydrogen-bond acceptors (Lipinski definition) is 3. The van der Waals surface area contributed by atoms with Crippen LogP contribution in [-0.2, 0) is 0 Å². The third kappa shape index (κ3) is 2.30. The third-order valence-corrected chi connectivity index (χ3v) is 5.18. The van der Waals surface area contributed by atoms with E-state index in [0.29, 0.717) is 0 Å². The number of thioether (sulfide) groups is 1. The number of halogens is 1. The molecule has 0 unspecified atom stereocenters. The lowest BCUT2D eigenvalue weighted by Gasteiger charge is -2.19. The lowest BCUT2D eigenvalue weighted by molar-refractivity contribution is 0.647. The van der Waals surface area contributed by atoms with Gasteiger partial charge in [-0.25, -0.2) is 0 Å². The Morgan fingerprint density at radius 1 is 1.14 bits per heavy atom. The summed E-state index contributed by atoms with van der Waals surface area (Å²) in [6.45, 7) is 4.17. The maximum absolute atomic E-state index is 4.62. The van der Waals surface area contributed by atoms with Gasteiger partial charge in [-0.2, -0.15) is 0 Å². The van der Waals surface area contributed by atoms with Crippen LogP contribution in [0.25, 0.3) is 16.5 Å². The molecule has 0 spiro atoms. The molecule has 2 aromatic carbocycles. The van der Waals surface area contributed by atoms with Crippen LogP contribution in [0.2, 0.25) is 0 Å². The summed E-state index contributed by atoms with van der Waals surface area (Å²) in [6, 6.07) is 15.2. The zero-order chi connectivity index (χ0) is 13.5. The molecule has 2 nitrogen and oxygen atoms in total. The van der Waals surface area contributed by atoms with Gasteiger partial charge in [0, 0.05) is 17.0 Å². The second kappa shape index (κ2) is 5.85. The Kier molecular flexibility index (Phi) is 4.09.